The van der Waals surface area contributed by atoms with Crippen LogP contribution in [0.2, 0.25) is 0 Å². The van der Waals surface area contributed by atoms with Gasteiger partial charge in [-0.1, -0.05) is 18.2 Å². The number of ether oxygens (including phenoxy) is 1. The van der Waals surface area contributed by atoms with Crippen molar-refractivity contribution in [3.63, 3.8) is 0 Å². The molecule has 0 unspecified atom stereocenters. The summed E-state index contributed by atoms with van der Waals surface area (Å²) in [5.74, 6) is -1.36. The molecule has 2 aromatic carbocycles. The Balaban J connectivity index is 1.60. The minimum Gasteiger partial charge on any atom is -0.406 e. The van der Waals surface area contributed by atoms with Crippen LogP contribution in [0.15, 0.2) is 48.5 Å². The number of H-pyrrole nitrogens is 1. The average Bonchev–Trinajstić information content (AvgIpc) is 3.05. The number of carbonyl (C=O) groups excluding carboxylic acids is 2. The highest BCUT2D eigenvalue weighted by atomic mass is 19.4. The number of carbonyl (C=O) groups is 2. The van der Waals surface area contributed by atoms with E-state index in [1.807, 2.05) is 0 Å². The third kappa shape index (κ3) is 4.58. The molecule has 7 nitrogen and oxygen atoms in total. The van der Waals surface area contributed by atoms with Crippen LogP contribution in [0, 0.1) is 0 Å². The summed E-state index contributed by atoms with van der Waals surface area (Å²) in [6.45, 7) is -0.263. The van der Waals surface area contributed by atoms with Crippen LogP contribution in [0.25, 0.3) is 10.9 Å². The van der Waals surface area contributed by atoms with Crippen molar-refractivity contribution >= 4 is 28.4 Å². The van der Waals surface area contributed by atoms with Crippen molar-refractivity contribution in [2.75, 3.05) is 18.9 Å². The monoisotopic (exact) mass is 392 g/mol. The summed E-state index contributed by atoms with van der Waals surface area (Å²) < 4.78 is 40.2. The van der Waals surface area contributed by atoms with Gasteiger partial charge in [0.1, 0.15) is 5.75 Å². The maximum atomic E-state index is 12.5. The zero-order chi connectivity index (χ0) is 20.3. The molecule has 0 bridgehead atoms. The number of aromatic nitrogens is 2. The third-order valence-electron chi connectivity index (χ3n) is 3.77. The van der Waals surface area contributed by atoms with E-state index in [0.29, 0.717) is 10.9 Å². The van der Waals surface area contributed by atoms with Gasteiger partial charge in [-0.2, -0.15) is 5.10 Å². The largest absolute Gasteiger partial charge is 0.573 e. The van der Waals surface area contributed by atoms with Crippen molar-refractivity contribution in [2.45, 2.75) is 6.36 Å². The average molecular weight is 392 g/mol. The molecule has 0 aliphatic rings. The topological polar surface area (TPSA) is 87.3 Å². The van der Waals surface area contributed by atoms with Crippen LogP contribution < -0.4 is 10.1 Å². The molecule has 10 heteroatoms. The molecular formula is C18H15F3N4O3. The maximum absolute atomic E-state index is 12.5. The van der Waals surface area contributed by atoms with Gasteiger partial charge in [-0.25, -0.2) is 0 Å². The fourth-order valence-electron chi connectivity index (χ4n) is 2.53. The molecule has 0 radical (unpaired) electrons. The van der Waals surface area contributed by atoms with Crippen molar-refractivity contribution in [1.29, 1.82) is 0 Å². The van der Waals surface area contributed by atoms with Crippen LogP contribution in [0.4, 0.5) is 18.9 Å². The molecule has 3 rings (SSSR count). The molecule has 2 amide bonds. The van der Waals surface area contributed by atoms with Gasteiger partial charge in [0.2, 0.25) is 5.91 Å². The number of nitrogens with zero attached hydrogens (tertiary/aromatic N) is 2. The second-order valence-electron chi connectivity index (χ2n) is 5.90. The minimum atomic E-state index is -4.79. The van der Waals surface area contributed by atoms with Gasteiger partial charge in [-0.05, 0) is 30.3 Å². The fourth-order valence-corrected chi connectivity index (χ4v) is 2.53. The zero-order valence-electron chi connectivity index (χ0n) is 14.6. The Morgan fingerprint density at radius 3 is 2.50 bits per heavy atom. The Kier molecular flexibility index (Phi) is 5.21. The normalized spacial score (nSPS) is 11.3. The van der Waals surface area contributed by atoms with Crippen molar-refractivity contribution in [3.05, 3.63) is 54.2 Å². The lowest BCUT2D eigenvalue weighted by atomic mass is 10.2. The number of aromatic amines is 1. The predicted octanol–water partition coefficient (Wildman–Crippen LogP) is 3.17. The van der Waals surface area contributed by atoms with Crippen molar-refractivity contribution < 1.29 is 27.5 Å². The van der Waals surface area contributed by atoms with Crippen LogP contribution in [0.5, 0.6) is 5.75 Å². The summed E-state index contributed by atoms with van der Waals surface area (Å²) in [5, 5.41) is 9.88. The van der Waals surface area contributed by atoms with Crippen LogP contribution in [-0.4, -0.2) is 46.9 Å². The number of fused-ring (bicyclic) bond motifs is 1. The number of benzene rings is 2. The van der Waals surface area contributed by atoms with Gasteiger partial charge >= 0.3 is 6.36 Å². The SMILES string of the molecule is CN(CC(=O)Nc1ccc(OC(F)(F)F)cc1)C(=O)c1n[nH]c2ccccc12. The first-order valence-electron chi connectivity index (χ1n) is 8.07. The van der Waals surface area contributed by atoms with Crippen molar-refractivity contribution in [2.24, 2.45) is 0 Å². The molecule has 0 atom stereocenters. The minimum absolute atomic E-state index is 0.194. The summed E-state index contributed by atoms with van der Waals surface area (Å²) in [4.78, 5) is 25.8. The lowest BCUT2D eigenvalue weighted by Crippen LogP contribution is -2.35. The van der Waals surface area contributed by atoms with Crippen LogP contribution >= 0.6 is 0 Å². The predicted molar refractivity (Wildman–Crippen MR) is 94.8 cm³/mol. The number of amides is 2. The first-order valence-corrected chi connectivity index (χ1v) is 8.07. The fraction of sp³-hybridized carbons (Fsp3) is 0.167. The molecule has 2 N–H and O–H groups in total. The standard InChI is InChI=1S/C18H15F3N4O3/c1-25(17(27)16-13-4-2-3-5-14(13)23-24-16)10-15(26)22-11-6-8-12(9-7-11)28-18(19,20)21/h2-9H,10H2,1H3,(H,22,26)(H,23,24). The molecule has 0 fully saturated rings. The van der Waals surface area contributed by atoms with E-state index >= 15 is 0 Å². The molecule has 0 saturated carbocycles. The van der Waals surface area contributed by atoms with E-state index in [1.54, 1.807) is 24.3 Å². The van der Waals surface area contributed by atoms with E-state index in [0.717, 1.165) is 12.1 Å². The van der Waals surface area contributed by atoms with Gasteiger partial charge in [0.25, 0.3) is 5.91 Å². The molecule has 146 valence electrons. The van der Waals surface area contributed by atoms with Gasteiger partial charge in [0.15, 0.2) is 5.69 Å². The number of anilines is 1. The summed E-state index contributed by atoms with van der Waals surface area (Å²) >= 11 is 0. The smallest absolute Gasteiger partial charge is 0.406 e. The van der Waals surface area contributed by atoms with Crippen molar-refractivity contribution in [1.82, 2.24) is 15.1 Å². The second kappa shape index (κ2) is 7.59. The summed E-state index contributed by atoms with van der Waals surface area (Å²) in [6, 6.07) is 11.8. The highest BCUT2D eigenvalue weighted by Gasteiger charge is 2.31. The first-order chi connectivity index (χ1) is 13.2. The Labute approximate surface area is 157 Å². The van der Waals surface area contributed by atoms with E-state index in [9.17, 15) is 22.8 Å². The number of nitrogens with one attached hydrogen (secondary N) is 2. The Hall–Kier alpha value is -3.56. The second-order valence-corrected chi connectivity index (χ2v) is 5.90. The Bertz CT molecular complexity index is 999. The Morgan fingerprint density at radius 2 is 1.82 bits per heavy atom. The molecule has 1 aromatic heterocycles. The molecule has 1 heterocycles. The van der Waals surface area contributed by atoms with Gasteiger partial charge in [-0.3, -0.25) is 14.7 Å². The third-order valence-corrected chi connectivity index (χ3v) is 3.77. The molecule has 0 aliphatic heterocycles. The van der Waals surface area contributed by atoms with Crippen LogP contribution in [-0.2, 0) is 4.79 Å². The lowest BCUT2D eigenvalue weighted by Gasteiger charge is -2.16. The summed E-state index contributed by atoms with van der Waals surface area (Å²) in [7, 11) is 1.45. The highest BCUT2D eigenvalue weighted by molar-refractivity contribution is 6.06. The number of halogens is 3. The van der Waals surface area contributed by atoms with Gasteiger partial charge in [0.05, 0.1) is 12.1 Å². The lowest BCUT2D eigenvalue weighted by molar-refractivity contribution is -0.274. The Morgan fingerprint density at radius 1 is 1.14 bits per heavy atom. The number of hydrogen-bond donors (Lipinski definition) is 2. The van der Waals surface area contributed by atoms with E-state index < -0.39 is 23.9 Å². The van der Waals surface area contributed by atoms with E-state index in [1.165, 1.54) is 24.1 Å². The molecule has 0 spiro atoms. The maximum Gasteiger partial charge on any atom is 0.573 e. The number of para-hydroxylation sites is 1. The molecule has 0 aliphatic carbocycles. The van der Waals surface area contributed by atoms with Crippen LogP contribution in [0.3, 0.4) is 0 Å². The number of likely N-dealkylation sites (N-methyl/N-ethyl adjacent to an activating group) is 1. The van der Waals surface area contributed by atoms with E-state index in [2.05, 4.69) is 20.3 Å². The molecule has 0 saturated heterocycles. The van der Waals surface area contributed by atoms with Gasteiger partial charge in [0, 0.05) is 18.1 Å². The number of rotatable bonds is 5. The number of alkyl halides is 3. The van der Waals surface area contributed by atoms with E-state index in [-0.39, 0.29) is 17.9 Å². The van der Waals surface area contributed by atoms with E-state index in [4.69, 9.17) is 0 Å². The molecule has 28 heavy (non-hydrogen) atoms. The molecular weight excluding hydrogens is 377 g/mol. The first kappa shape index (κ1) is 19.2. The zero-order valence-corrected chi connectivity index (χ0v) is 14.6. The van der Waals surface area contributed by atoms with Crippen LogP contribution in [0.1, 0.15) is 10.5 Å². The van der Waals surface area contributed by atoms with Gasteiger partial charge < -0.3 is 15.0 Å². The van der Waals surface area contributed by atoms with Crippen molar-refractivity contribution in [3.8, 4) is 5.75 Å². The summed E-state index contributed by atoms with van der Waals surface area (Å²) in [6.07, 6.45) is -4.79. The molecule has 3 aromatic rings. The van der Waals surface area contributed by atoms with Gasteiger partial charge in [-0.15, -0.1) is 13.2 Å². The number of hydrogen-bond acceptors (Lipinski definition) is 4. The highest BCUT2D eigenvalue weighted by Crippen LogP contribution is 2.24. The summed E-state index contributed by atoms with van der Waals surface area (Å²) in [5.41, 5.74) is 1.16. The quantitative estimate of drug-likeness (QED) is 0.698.